The molecule has 0 saturated heterocycles. The zero-order valence-corrected chi connectivity index (χ0v) is 14.7. The van der Waals surface area contributed by atoms with Gasteiger partial charge in [0.1, 0.15) is 5.75 Å². The molecule has 0 aromatic heterocycles. The van der Waals surface area contributed by atoms with E-state index in [1.54, 1.807) is 7.11 Å². The second kappa shape index (κ2) is 7.54. The number of fused-ring (bicyclic) bond motifs is 2. The number of nitrogens with one attached hydrogen (secondary N) is 1. The molecule has 4 nitrogen and oxygen atoms in total. The molecule has 0 radical (unpaired) electrons. The van der Waals surface area contributed by atoms with Crippen LogP contribution >= 0.6 is 12.4 Å². The zero-order valence-electron chi connectivity index (χ0n) is 13.9. The lowest BCUT2D eigenvalue weighted by Gasteiger charge is -2.43. The van der Waals surface area contributed by atoms with Gasteiger partial charge in [-0.25, -0.2) is 0 Å². The van der Waals surface area contributed by atoms with Crippen molar-refractivity contribution in [2.45, 2.75) is 45.1 Å². The molecule has 3 rings (SSSR count). The summed E-state index contributed by atoms with van der Waals surface area (Å²) in [7, 11) is 1.65. The highest BCUT2D eigenvalue weighted by Crippen LogP contribution is 2.42. The number of carbonyl (C=O) groups excluding carboxylic acids is 1. The van der Waals surface area contributed by atoms with Gasteiger partial charge >= 0.3 is 0 Å². The summed E-state index contributed by atoms with van der Waals surface area (Å²) in [6.07, 6.45) is 5.53. The standard InChI is InChI=1S/C18H26N2O2.ClH/c1-11-8-15(22-2)6-7-16(11)20-18(21)14-9-12-4-3-5-13(10-14)17(12)19;/h6-8,12-14,17H,3-5,9-10,19H2,1-2H3,(H,20,21);1H. The number of hydrogen-bond donors (Lipinski definition) is 2. The molecular formula is C18H27ClN2O2. The van der Waals surface area contributed by atoms with Crippen molar-refractivity contribution >= 4 is 24.0 Å². The van der Waals surface area contributed by atoms with Crippen LogP contribution in [0.3, 0.4) is 0 Å². The third-order valence-corrected chi connectivity index (χ3v) is 5.48. The van der Waals surface area contributed by atoms with Gasteiger partial charge in [0.15, 0.2) is 0 Å². The van der Waals surface area contributed by atoms with Gasteiger partial charge in [-0.3, -0.25) is 4.79 Å². The van der Waals surface area contributed by atoms with Gasteiger partial charge in [0.05, 0.1) is 7.11 Å². The minimum absolute atomic E-state index is 0. The molecular weight excluding hydrogens is 312 g/mol. The quantitative estimate of drug-likeness (QED) is 0.886. The molecule has 0 spiro atoms. The molecule has 1 aromatic carbocycles. The van der Waals surface area contributed by atoms with Crippen molar-refractivity contribution in [3.05, 3.63) is 23.8 Å². The largest absolute Gasteiger partial charge is 0.497 e. The lowest BCUT2D eigenvalue weighted by Crippen LogP contribution is -2.48. The van der Waals surface area contributed by atoms with Crippen LogP contribution in [0, 0.1) is 24.7 Å². The number of hydrogen-bond acceptors (Lipinski definition) is 3. The second-order valence-corrected chi connectivity index (χ2v) is 6.87. The van der Waals surface area contributed by atoms with Crippen molar-refractivity contribution in [2.24, 2.45) is 23.5 Å². The molecule has 1 amide bonds. The van der Waals surface area contributed by atoms with Gasteiger partial charge in [-0.05, 0) is 68.2 Å². The lowest BCUT2D eigenvalue weighted by molar-refractivity contribution is -0.122. The fourth-order valence-electron chi connectivity index (χ4n) is 4.14. The molecule has 3 N–H and O–H groups in total. The van der Waals surface area contributed by atoms with Crippen molar-refractivity contribution in [3.63, 3.8) is 0 Å². The van der Waals surface area contributed by atoms with E-state index in [0.717, 1.165) is 29.8 Å². The van der Waals surface area contributed by atoms with Crippen molar-refractivity contribution in [2.75, 3.05) is 12.4 Å². The molecule has 2 atom stereocenters. The topological polar surface area (TPSA) is 64.3 Å². The molecule has 128 valence electrons. The predicted octanol–water partition coefficient (Wildman–Crippen LogP) is 3.52. The Balaban J connectivity index is 0.00000192. The maximum absolute atomic E-state index is 12.6. The Morgan fingerprint density at radius 2 is 1.91 bits per heavy atom. The van der Waals surface area contributed by atoms with Crippen molar-refractivity contribution < 1.29 is 9.53 Å². The molecule has 0 aliphatic heterocycles. The Bertz CT molecular complexity index is 550. The van der Waals surface area contributed by atoms with Crippen LogP contribution in [0.15, 0.2) is 18.2 Å². The van der Waals surface area contributed by atoms with Crippen molar-refractivity contribution in [3.8, 4) is 5.75 Å². The number of nitrogens with two attached hydrogens (primary N) is 1. The van der Waals surface area contributed by atoms with Crippen LogP contribution in [-0.2, 0) is 4.79 Å². The van der Waals surface area contributed by atoms with E-state index in [1.807, 2.05) is 25.1 Å². The summed E-state index contributed by atoms with van der Waals surface area (Å²) >= 11 is 0. The highest BCUT2D eigenvalue weighted by Gasteiger charge is 2.40. The summed E-state index contributed by atoms with van der Waals surface area (Å²) in [5.74, 6) is 2.13. The summed E-state index contributed by atoms with van der Waals surface area (Å²) in [6, 6.07) is 6.05. The van der Waals surface area contributed by atoms with Gasteiger partial charge < -0.3 is 15.8 Å². The van der Waals surface area contributed by atoms with Crippen molar-refractivity contribution in [1.29, 1.82) is 0 Å². The van der Waals surface area contributed by atoms with Gasteiger partial charge in [0.2, 0.25) is 5.91 Å². The second-order valence-electron chi connectivity index (χ2n) is 6.87. The first kappa shape index (κ1) is 18.1. The first-order valence-electron chi connectivity index (χ1n) is 8.29. The molecule has 2 aliphatic carbocycles. The average Bonchev–Trinajstić information content (AvgIpc) is 2.48. The average molecular weight is 339 g/mol. The molecule has 5 heteroatoms. The van der Waals surface area contributed by atoms with Crippen LogP contribution < -0.4 is 15.8 Å². The van der Waals surface area contributed by atoms with E-state index >= 15 is 0 Å². The van der Waals surface area contributed by atoms with Gasteiger partial charge in [0.25, 0.3) is 0 Å². The van der Waals surface area contributed by atoms with Crippen LogP contribution in [0.25, 0.3) is 0 Å². The summed E-state index contributed by atoms with van der Waals surface area (Å²) in [4.78, 5) is 12.6. The molecule has 2 saturated carbocycles. The van der Waals surface area contributed by atoms with Gasteiger partial charge in [-0.15, -0.1) is 12.4 Å². The summed E-state index contributed by atoms with van der Waals surface area (Å²) in [6.45, 7) is 1.99. The summed E-state index contributed by atoms with van der Waals surface area (Å²) < 4.78 is 5.21. The molecule has 2 bridgehead atoms. The molecule has 2 fully saturated rings. The molecule has 2 unspecified atom stereocenters. The number of benzene rings is 1. The van der Waals surface area contributed by atoms with Crippen LogP contribution in [0.2, 0.25) is 0 Å². The van der Waals surface area contributed by atoms with Crippen LogP contribution in [-0.4, -0.2) is 19.1 Å². The normalized spacial score (nSPS) is 29.3. The van der Waals surface area contributed by atoms with Crippen molar-refractivity contribution in [1.82, 2.24) is 0 Å². The first-order chi connectivity index (χ1) is 10.6. The van der Waals surface area contributed by atoms with E-state index in [0.29, 0.717) is 17.9 Å². The minimum Gasteiger partial charge on any atom is -0.497 e. The Hall–Kier alpha value is -1.26. The van der Waals surface area contributed by atoms with Crippen LogP contribution in [0.4, 0.5) is 5.69 Å². The molecule has 23 heavy (non-hydrogen) atoms. The Morgan fingerprint density at radius 3 is 2.48 bits per heavy atom. The zero-order chi connectivity index (χ0) is 15.7. The molecule has 2 aliphatic rings. The maximum Gasteiger partial charge on any atom is 0.227 e. The highest BCUT2D eigenvalue weighted by molar-refractivity contribution is 5.93. The molecule has 0 heterocycles. The Morgan fingerprint density at radius 1 is 1.26 bits per heavy atom. The highest BCUT2D eigenvalue weighted by atomic mass is 35.5. The Kier molecular flexibility index (Phi) is 5.93. The minimum atomic E-state index is 0. The van der Waals surface area contributed by atoms with E-state index in [-0.39, 0.29) is 24.2 Å². The van der Waals surface area contributed by atoms with E-state index in [4.69, 9.17) is 10.5 Å². The summed E-state index contributed by atoms with van der Waals surface area (Å²) in [5, 5.41) is 3.10. The van der Waals surface area contributed by atoms with E-state index in [1.165, 1.54) is 19.3 Å². The SMILES string of the molecule is COc1ccc(NC(=O)C2CC3CCCC(C2)C3N)c(C)c1.Cl. The van der Waals surface area contributed by atoms with E-state index in [2.05, 4.69) is 5.32 Å². The number of anilines is 1. The number of rotatable bonds is 3. The number of carbonyl (C=O) groups is 1. The van der Waals surface area contributed by atoms with Gasteiger partial charge in [-0.1, -0.05) is 6.42 Å². The smallest absolute Gasteiger partial charge is 0.227 e. The lowest BCUT2D eigenvalue weighted by atomic mass is 9.65. The fraction of sp³-hybridized carbons (Fsp3) is 0.611. The molecule has 1 aromatic rings. The van der Waals surface area contributed by atoms with E-state index < -0.39 is 0 Å². The number of halogens is 1. The van der Waals surface area contributed by atoms with Crippen LogP contribution in [0.1, 0.15) is 37.7 Å². The maximum atomic E-state index is 12.6. The van der Waals surface area contributed by atoms with Gasteiger partial charge in [0, 0.05) is 17.6 Å². The first-order valence-corrected chi connectivity index (χ1v) is 8.29. The summed E-state index contributed by atoms with van der Waals surface area (Å²) in [5.41, 5.74) is 8.22. The van der Waals surface area contributed by atoms with Crippen LogP contribution in [0.5, 0.6) is 5.75 Å². The van der Waals surface area contributed by atoms with Gasteiger partial charge in [-0.2, -0.15) is 0 Å². The third kappa shape index (κ3) is 3.81. The van der Waals surface area contributed by atoms with E-state index in [9.17, 15) is 4.79 Å². The fourth-order valence-corrected chi connectivity index (χ4v) is 4.14. The number of methoxy groups -OCH3 is 1. The Labute approximate surface area is 144 Å². The number of amides is 1. The third-order valence-electron chi connectivity index (χ3n) is 5.48. The monoisotopic (exact) mass is 338 g/mol. The predicted molar refractivity (Wildman–Crippen MR) is 95.1 cm³/mol. The number of ether oxygens (including phenoxy) is 1. The number of aryl methyl sites for hydroxylation is 1.